The van der Waals surface area contributed by atoms with Gasteiger partial charge in [0, 0.05) is 16.6 Å². The van der Waals surface area contributed by atoms with Gasteiger partial charge in [0.2, 0.25) is 0 Å². The SMILES string of the molecule is COc1cc(N)c(SC)cc1C(=O)O. The van der Waals surface area contributed by atoms with Gasteiger partial charge < -0.3 is 15.6 Å². The van der Waals surface area contributed by atoms with E-state index in [0.29, 0.717) is 5.69 Å². The van der Waals surface area contributed by atoms with Crippen molar-refractivity contribution in [1.82, 2.24) is 0 Å². The Balaban J connectivity index is 3.32. The molecule has 0 saturated heterocycles. The number of aromatic carboxylic acids is 1. The monoisotopic (exact) mass is 213 g/mol. The molecule has 1 aromatic carbocycles. The van der Waals surface area contributed by atoms with Gasteiger partial charge in [-0.15, -0.1) is 11.8 Å². The lowest BCUT2D eigenvalue weighted by Gasteiger charge is -2.08. The van der Waals surface area contributed by atoms with E-state index < -0.39 is 5.97 Å². The van der Waals surface area contributed by atoms with Crippen molar-refractivity contribution < 1.29 is 14.6 Å². The van der Waals surface area contributed by atoms with E-state index in [1.54, 1.807) is 0 Å². The minimum Gasteiger partial charge on any atom is -0.496 e. The Hall–Kier alpha value is -1.36. The van der Waals surface area contributed by atoms with Crippen molar-refractivity contribution in [3.8, 4) is 5.75 Å². The highest BCUT2D eigenvalue weighted by molar-refractivity contribution is 7.98. The maximum atomic E-state index is 10.8. The average Bonchev–Trinajstić information content (AvgIpc) is 2.16. The molecule has 0 aliphatic heterocycles. The Morgan fingerprint density at radius 1 is 1.57 bits per heavy atom. The van der Waals surface area contributed by atoms with Gasteiger partial charge in [0.05, 0.1) is 7.11 Å². The minimum atomic E-state index is -1.02. The molecule has 0 spiro atoms. The van der Waals surface area contributed by atoms with E-state index in [-0.39, 0.29) is 11.3 Å². The number of anilines is 1. The zero-order chi connectivity index (χ0) is 10.7. The first-order valence-corrected chi connectivity index (χ1v) is 5.07. The van der Waals surface area contributed by atoms with Crippen LogP contribution in [0.15, 0.2) is 17.0 Å². The zero-order valence-electron chi connectivity index (χ0n) is 7.90. The maximum absolute atomic E-state index is 10.8. The fourth-order valence-electron chi connectivity index (χ4n) is 1.09. The first-order chi connectivity index (χ1) is 6.60. The number of methoxy groups -OCH3 is 1. The number of carboxylic acids is 1. The first-order valence-electron chi connectivity index (χ1n) is 3.85. The highest BCUT2D eigenvalue weighted by Crippen LogP contribution is 2.30. The summed E-state index contributed by atoms with van der Waals surface area (Å²) in [5.74, 6) is -0.732. The molecule has 1 aromatic rings. The lowest BCUT2D eigenvalue weighted by atomic mass is 10.2. The number of hydrogen-bond acceptors (Lipinski definition) is 4. The van der Waals surface area contributed by atoms with Gasteiger partial charge >= 0.3 is 5.97 Å². The molecule has 4 nitrogen and oxygen atoms in total. The molecule has 1 rings (SSSR count). The molecule has 76 valence electrons. The van der Waals surface area contributed by atoms with Crippen molar-refractivity contribution in [2.24, 2.45) is 0 Å². The number of thioether (sulfide) groups is 1. The molecule has 0 aromatic heterocycles. The van der Waals surface area contributed by atoms with Crippen LogP contribution >= 0.6 is 11.8 Å². The van der Waals surface area contributed by atoms with Gasteiger partial charge in [0.25, 0.3) is 0 Å². The smallest absolute Gasteiger partial charge is 0.339 e. The van der Waals surface area contributed by atoms with Crippen molar-refractivity contribution in [1.29, 1.82) is 0 Å². The van der Waals surface area contributed by atoms with Crippen molar-refractivity contribution in [3.63, 3.8) is 0 Å². The molecule has 0 aliphatic carbocycles. The van der Waals surface area contributed by atoms with E-state index >= 15 is 0 Å². The third kappa shape index (κ3) is 1.93. The third-order valence-electron chi connectivity index (χ3n) is 1.78. The van der Waals surface area contributed by atoms with E-state index in [1.165, 1.54) is 31.0 Å². The highest BCUT2D eigenvalue weighted by Gasteiger charge is 2.13. The summed E-state index contributed by atoms with van der Waals surface area (Å²) < 4.78 is 4.92. The van der Waals surface area contributed by atoms with Gasteiger partial charge in [0.15, 0.2) is 0 Å². The van der Waals surface area contributed by atoms with Crippen molar-refractivity contribution in [2.75, 3.05) is 19.1 Å². The Morgan fingerprint density at radius 2 is 2.21 bits per heavy atom. The fourth-order valence-corrected chi connectivity index (χ4v) is 1.62. The van der Waals surface area contributed by atoms with Crippen molar-refractivity contribution >= 4 is 23.4 Å². The number of ether oxygens (including phenoxy) is 1. The molecule has 5 heteroatoms. The quantitative estimate of drug-likeness (QED) is 0.590. The Kier molecular flexibility index (Phi) is 3.24. The molecule has 0 atom stereocenters. The van der Waals surface area contributed by atoms with Crippen LogP contribution in [0.25, 0.3) is 0 Å². The van der Waals surface area contributed by atoms with E-state index in [9.17, 15) is 4.79 Å². The molecule has 0 unspecified atom stereocenters. The Morgan fingerprint density at radius 3 is 2.64 bits per heavy atom. The molecular formula is C9H11NO3S. The molecule has 0 bridgehead atoms. The molecule has 0 heterocycles. The van der Waals surface area contributed by atoms with E-state index in [2.05, 4.69) is 0 Å². The van der Waals surface area contributed by atoms with Crippen molar-refractivity contribution in [2.45, 2.75) is 4.90 Å². The Labute approximate surface area is 86.1 Å². The first kappa shape index (κ1) is 10.7. The number of benzene rings is 1. The molecular weight excluding hydrogens is 202 g/mol. The second-order valence-corrected chi connectivity index (χ2v) is 3.45. The number of carbonyl (C=O) groups is 1. The van der Waals surface area contributed by atoms with Gasteiger partial charge in [-0.3, -0.25) is 0 Å². The van der Waals surface area contributed by atoms with Crippen LogP contribution in [0, 0.1) is 0 Å². The molecule has 0 saturated carbocycles. The summed E-state index contributed by atoms with van der Waals surface area (Å²) in [6.45, 7) is 0. The van der Waals surface area contributed by atoms with Crippen LogP contribution in [0.5, 0.6) is 5.75 Å². The third-order valence-corrected chi connectivity index (χ3v) is 2.58. The maximum Gasteiger partial charge on any atom is 0.339 e. The van der Waals surface area contributed by atoms with Gasteiger partial charge in [-0.25, -0.2) is 4.79 Å². The number of rotatable bonds is 3. The van der Waals surface area contributed by atoms with Gasteiger partial charge in [-0.2, -0.15) is 0 Å². The van der Waals surface area contributed by atoms with Crippen LogP contribution in [0.2, 0.25) is 0 Å². The average molecular weight is 213 g/mol. The van der Waals surface area contributed by atoms with E-state index in [4.69, 9.17) is 15.6 Å². The largest absolute Gasteiger partial charge is 0.496 e. The summed E-state index contributed by atoms with van der Waals surface area (Å²) in [7, 11) is 1.42. The minimum absolute atomic E-state index is 0.131. The predicted octanol–water partition coefficient (Wildman–Crippen LogP) is 1.70. The second kappa shape index (κ2) is 4.23. The number of hydrogen-bond donors (Lipinski definition) is 2. The van der Waals surface area contributed by atoms with Crippen LogP contribution in [-0.2, 0) is 0 Å². The predicted molar refractivity (Wildman–Crippen MR) is 56.1 cm³/mol. The van der Waals surface area contributed by atoms with Gasteiger partial charge in [0.1, 0.15) is 11.3 Å². The summed E-state index contributed by atoms with van der Waals surface area (Å²) in [5, 5.41) is 8.88. The summed E-state index contributed by atoms with van der Waals surface area (Å²) in [6, 6.07) is 3.04. The van der Waals surface area contributed by atoms with Crippen LogP contribution in [-0.4, -0.2) is 24.4 Å². The van der Waals surface area contributed by atoms with Crippen LogP contribution < -0.4 is 10.5 Å². The second-order valence-electron chi connectivity index (χ2n) is 2.60. The zero-order valence-corrected chi connectivity index (χ0v) is 8.72. The van der Waals surface area contributed by atoms with Crippen LogP contribution in [0.3, 0.4) is 0 Å². The molecule has 0 radical (unpaired) electrons. The standard InChI is InChI=1S/C9H11NO3S/c1-13-7-4-6(10)8(14-2)3-5(7)9(11)12/h3-4H,10H2,1-2H3,(H,11,12). The van der Waals surface area contributed by atoms with Gasteiger partial charge in [-0.1, -0.05) is 0 Å². The van der Waals surface area contributed by atoms with E-state index in [1.807, 2.05) is 6.26 Å². The normalized spacial score (nSPS) is 9.86. The molecule has 0 aliphatic rings. The lowest BCUT2D eigenvalue weighted by Crippen LogP contribution is -2.02. The van der Waals surface area contributed by atoms with Crippen LogP contribution in [0.1, 0.15) is 10.4 Å². The molecule has 0 amide bonds. The van der Waals surface area contributed by atoms with E-state index in [0.717, 1.165) is 4.90 Å². The molecule has 14 heavy (non-hydrogen) atoms. The topological polar surface area (TPSA) is 72.5 Å². The summed E-state index contributed by atoms with van der Waals surface area (Å²) in [4.78, 5) is 11.6. The number of nitrogens with two attached hydrogens (primary N) is 1. The Bertz CT molecular complexity index is 365. The number of carboxylic acid groups (broad SMARTS) is 1. The molecule has 0 fully saturated rings. The number of nitrogen functional groups attached to an aromatic ring is 1. The van der Waals surface area contributed by atoms with Crippen LogP contribution in [0.4, 0.5) is 5.69 Å². The van der Waals surface area contributed by atoms with Crippen molar-refractivity contribution in [3.05, 3.63) is 17.7 Å². The lowest BCUT2D eigenvalue weighted by molar-refractivity contribution is 0.0693. The molecule has 3 N–H and O–H groups in total. The fraction of sp³-hybridized carbons (Fsp3) is 0.222. The summed E-state index contributed by atoms with van der Waals surface area (Å²) >= 11 is 1.40. The van der Waals surface area contributed by atoms with Gasteiger partial charge in [-0.05, 0) is 12.3 Å². The summed E-state index contributed by atoms with van der Waals surface area (Å²) in [5.41, 5.74) is 6.34. The highest BCUT2D eigenvalue weighted by atomic mass is 32.2. The summed E-state index contributed by atoms with van der Waals surface area (Å²) in [6.07, 6.45) is 1.84.